The molecule has 1 aliphatic rings. The van der Waals surface area contributed by atoms with Gasteiger partial charge in [-0.3, -0.25) is 0 Å². The molecule has 0 radical (unpaired) electrons. The SMILES string of the molecule is CC1(C)c2ccc(-c3ccc4c(c3)sc3c4ccc4c5cc6ccccc6cc5sc43)cc2-c2ccc(-c3c4ccccc4c(-c4cccc5ccccc45)c4ccccc34)cc21. The van der Waals surface area contributed by atoms with Crippen LogP contribution in [0.5, 0.6) is 0 Å². The van der Waals surface area contributed by atoms with E-state index < -0.39 is 0 Å². The molecule has 11 aromatic carbocycles. The van der Waals surface area contributed by atoms with Gasteiger partial charge in [0.15, 0.2) is 0 Å². The lowest BCUT2D eigenvalue weighted by Crippen LogP contribution is -2.15. The number of fused-ring (bicyclic) bond motifs is 14. The van der Waals surface area contributed by atoms with Crippen LogP contribution < -0.4 is 0 Å². The van der Waals surface area contributed by atoms with Gasteiger partial charge in [-0.05, 0) is 129 Å². The molecule has 1 aliphatic carbocycles. The summed E-state index contributed by atoms with van der Waals surface area (Å²) in [7, 11) is 0. The lowest BCUT2D eigenvalue weighted by molar-refractivity contribution is 0.660. The molecule has 0 aliphatic heterocycles. The molecule has 0 bridgehead atoms. The fourth-order valence-electron chi connectivity index (χ4n) is 11.2. The summed E-state index contributed by atoms with van der Waals surface area (Å²) in [4.78, 5) is 0. The van der Waals surface area contributed by atoms with Crippen molar-refractivity contribution in [2.75, 3.05) is 0 Å². The summed E-state index contributed by atoms with van der Waals surface area (Å²) in [6.07, 6.45) is 0. The van der Waals surface area contributed by atoms with Crippen molar-refractivity contribution in [2.24, 2.45) is 0 Å². The number of thiophene rings is 2. The van der Waals surface area contributed by atoms with Crippen LogP contribution in [0.3, 0.4) is 0 Å². The Labute approximate surface area is 372 Å². The molecule has 2 heterocycles. The first kappa shape index (κ1) is 35.5. The van der Waals surface area contributed by atoms with E-state index in [9.17, 15) is 0 Å². The van der Waals surface area contributed by atoms with Crippen LogP contribution in [0.25, 0.3) is 128 Å². The highest BCUT2D eigenvalue weighted by atomic mass is 32.1. The van der Waals surface area contributed by atoms with Gasteiger partial charge >= 0.3 is 0 Å². The average molecular weight is 835 g/mol. The molecule has 0 atom stereocenters. The van der Waals surface area contributed by atoms with Gasteiger partial charge in [-0.15, -0.1) is 22.7 Å². The van der Waals surface area contributed by atoms with Crippen molar-refractivity contribution in [3.63, 3.8) is 0 Å². The highest BCUT2D eigenvalue weighted by Gasteiger charge is 2.36. The van der Waals surface area contributed by atoms with E-state index in [1.165, 1.54) is 139 Å². The molecule has 13 aromatic rings. The number of benzene rings is 11. The topological polar surface area (TPSA) is 0 Å². The van der Waals surface area contributed by atoms with Crippen molar-refractivity contribution in [1.29, 1.82) is 0 Å². The predicted octanol–water partition coefficient (Wildman–Crippen LogP) is 18.3. The minimum absolute atomic E-state index is 0.148. The van der Waals surface area contributed by atoms with E-state index in [0.29, 0.717) is 0 Å². The molecule has 2 heteroatoms. The van der Waals surface area contributed by atoms with Crippen LogP contribution in [0, 0.1) is 0 Å². The van der Waals surface area contributed by atoms with Crippen LogP contribution in [0.2, 0.25) is 0 Å². The van der Waals surface area contributed by atoms with Gasteiger partial charge in [-0.1, -0.05) is 178 Å². The molecule has 0 saturated carbocycles. The first-order valence-electron chi connectivity index (χ1n) is 21.9. The normalized spacial score (nSPS) is 13.4. The van der Waals surface area contributed by atoms with Crippen molar-refractivity contribution >= 4 is 106 Å². The van der Waals surface area contributed by atoms with Gasteiger partial charge in [0.25, 0.3) is 0 Å². The molecule has 0 unspecified atom stereocenters. The van der Waals surface area contributed by atoms with Gasteiger partial charge in [0.2, 0.25) is 0 Å². The Hall–Kier alpha value is -7.10. The van der Waals surface area contributed by atoms with E-state index in [0.717, 1.165) is 0 Å². The maximum Gasteiger partial charge on any atom is 0.0534 e. The Morgan fingerprint density at radius 2 is 0.841 bits per heavy atom. The number of hydrogen-bond donors (Lipinski definition) is 0. The van der Waals surface area contributed by atoms with E-state index in [4.69, 9.17) is 0 Å². The number of hydrogen-bond acceptors (Lipinski definition) is 2. The Morgan fingerprint density at radius 1 is 0.302 bits per heavy atom. The van der Waals surface area contributed by atoms with Crippen LogP contribution in [0.4, 0.5) is 0 Å². The Morgan fingerprint density at radius 3 is 1.57 bits per heavy atom. The second-order valence-electron chi connectivity index (χ2n) is 17.9. The number of rotatable bonds is 3. The summed E-state index contributed by atoms with van der Waals surface area (Å²) in [6, 6.07) is 73.3. The van der Waals surface area contributed by atoms with Crippen LogP contribution in [0.15, 0.2) is 194 Å². The van der Waals surface area contributed by atoms with E-state index in [1.54, 1.807) is 0 Å². The summed E-state index contributed by atoms with van der Waals surface area (Å²) < 4.78 is 5.50. The van der Waals surface area contributed by atoms with Gasteiger partial charge < -0.3 is 0 Å². The summed E-state index contributed by atoms with van der Waals surface area (Å²) in [5.74, 6) is 0. The minimum atomic E-state index is -0.148. The molecule has 0 saturated heterocycles. The van der Waals surface area contributed by atoms with E-state index >= 15 is 0 Å². The first-order valence-corrected chi connectivity index (χ1v) is 23.5. The molecule has 0 nitrogen and oxygen atoms in total. The Balaban J connectivity index is 0.894. The third-order valence-electron chi connectivity index (χ3n) is 14.2. The zero-order valence-electron chi connectivity index (χ0n) is 34.8. The van der Waals surface area contributed by atoms with Gasteiger partial charge in [-0.25, -0.2) is 0 Å². The smallest absolute Gasteiger partial charge is 0.0534 e. The Kier molecular flexibility index (Phi) is 7.31. The fraction of sp³-hybridized carbons (Fsp3) is 0.0492. The summed E-state index contributed by atoms with van der Waals surface area (Å²) in [5.41, 5.74) is 13.0. The third-order valence-corrected chi connectivity index (χ3v) is 16.7. The van der Waals surface area contributed by atoms with Crippen LogP contribution in [-0.4, -0.2) is 0 Å². The van der Waals surface area contributed by atoms with Gasteiger partial charge in [0.05, 0.1) is 9.40 Å². The summed E-state index contributed by atoms with van der Waals surface area (Å²) in [5, 5.41) is 15.7. The minimum Gasteiger partial charge on any atom is -0.134 e. The predicted molar refractivity (Wildman–Crippen MR) is 276 cm³/mol. The molecule has 0 fully saturated rings. The monoisotopic (exact) mass is 834 g/mol. The quantitative estimate of drug-likeness (QED) is 0.156. The summed E-state index contributed by atoms with van der Waals surface area (Å²) in [6.45, 7) is 4.81. The first-order chi connectivity index (χ1) is 31.0. The van der Waals surface area contributed by atoms with Crippen molar-refractivity contribution in [3.8, 4) is 44.5 Å². The van der Waals surface area contributed by atoms with Crippen LogP contribution in [-0.2, 0) is 5.41 Å². The van der Waals surface area contributed by atoms with Gasteiger partial charge in [0, 0.05) is 36.4 Å². The van der Waals surface area contributed by atoms with Crippen LogP contribution in [0.1, 0.15) is 25.0 Å². The lowest BCUT2D eigenvalue weighted by atomic mass is 9.80. The Bertz CT molecular complexity index is 4060. The highest BCUT2D eigenvalue weighted by Crippen LogP contribution is 2.53. The molecule has 0 spiro atoms. The van der Waals surface area contributed by atoms with Crippen molar-refractivity contribution in [3.05, 3.63) is 205 Å². The fourth-order valence-corrected chi connectivity index (χ4v) is 13.8. The second-order valence-corrected chi connectivity index (χ2v) is 20.0. The molecular weight excluding hydrogens is 797 g/mol. The molecule has 63 heavy (non-hydrogen) atoms. The second kappa shape index (κ2) is 13.0. The van der Waals surface area contributed by atoms with Gasteiger partial charge in [0.1, 0.15) is 0 Å². The average Bonchev–Trinajstić information content (AvgIpc) is 3.96. The van der Waals surface area contributed by atoms with Gasteiger partial charge in [-0.2, -0.15) is 0 Å². The highest BCUT2D eigenvalue weighted by molar-refractivity contribution is 7.33. The standard InChI is InChI=1S/C61H38S2/c1-61(2)53-29-24-38(39-22-26-43-49-27-28-50-52-31-36-13-3-4-14-37(36)33-56(52)63-60(50)59(49)62-55(43)34-39)30-51(53)42-25-23-40(32-54(42)61)57-45-17-7-9-19-47(45)58(48-20-10-8-18-46(48)57)44-21-11-15-35-12-5-6-16-41(35)44/h3-34H,1-2H3. The largest absolute Gasteiger partial charge is 0.134 e. The summed E-state index contributed by atoms with van der Waals surface area (Å²) >= 11 is 3.88. The van der Waals surface area contributed by atoms with E-state index in [1.807, 2.05) is 22.7 Å². The molecule has 2 aromatic heterocycles. The molecular formula is C61H38S2. The molecule has 14 rings (SSSR count). The van der Waals surface area contributed by atoms with Crippen molar-refractivity contribution < 1.29 is 0 Å². The zero-order valence-corrected chi connectivity index (χ0v) is 36.4. The van der Waals surface area contributed by atoms with Crippen molar-refractivity contribution in [2.45, 2.75) is 19.3 Å². The maximum absolute atomic E-state index is 2.50. The van der Waals surface area contributed by atoms with E-state index in [-0.39, 0.29) is 5.41 Å². The lowest BCUT2D eigenvalue weighted by Gasteiger charge is -2.23. The molecule has 294 valence electrons. The van der Waals surface area contributed by atoms with E-state index in [2.05, 4.69) is 208 Å². The maximum atomic E-state index is 2.50. The zero-order chi connectivity index (χ0) is 41.6. The molecule has 0 N–H and O–H groups in total. The van der Waals surface area contributed by atoms with Crippen LogP contribution >= 0.6 is 22.7 Å². The third kappa shape index (κ3) is 5.02. The molecule has 0 amide bonds. The van der Waals surface area contributed by atoms with Crippen molar-refractivity contribution in [1.82, 2.24) is 0 Å².